The van der Waals surface area contributed by atoms with Crippen LogP contribution in [0, 0.1) is 0 Å². The molecule has 1 aliphatic heterocycles. The lowest BCUT2D eigenvalue weighted by molar-refractivity contribution is 0.135. The van der Waals surface area contributed by atoms with Gasteiger partial charge in [0, 0.05) is 24.0 Å². The van der Waals surface area contributed by atoms with E-state index in [4.69, 9.17) is 11.6 Å². The molecule has 0 radical (unpaired) electrons. The van der Waals surface area contributed by atoms with Gasteiger partial charge in [0.05, 0.1) is 10.7 Å². The highest BCUT2D eigenvalue weighted by Crippen LogP contribution is 2.39. The van der Waals surface area contributed by atoms with E-state index in [0.29, 0.717) is 16.6 Å². The van der Waals surface area contributed by atoms with Crippen LogP contribution in [0.4, 0.5) is 5.69 Å². The summed E-state index contributed by atoms with van der Waals surface area (Å²) < 4.78 is 0. The van der Waals surface area contributed by atoms with Crippen molar-refractivity contribution in [3.05, 3.63) is 23.5 Å². The number of hydrogen-bond donors (Lipinski definition) is 2. The lowest BCUT2D eigenvalue weighted by Gasteiger charge is -2.48. The van der Waals surface area contributed by atoms with Crippen LogP contribution in [-0.4, -0.2) is 23.1 Å². The molecule has 2 aliphatic rings. The standard InChI is InChI=1S/C13H18ClN3/c14-11-9-15-6-3-12(11)17-10-2-7-16-13(8-10)4-1-5-13/h3,6,9-10,16H,1-2,4-5,7-8H2,(H,15,17). The van der Waals surface area contributed by atoms with E-state index in [-0.39, 0.29) is 0 Å². The summed E-state index contributed by atoms with van der Waals surface area (Å²) in [5.41, 5.74) is 1.44. The maximum Gasteiger partial charge on any atom is 0.0820 e. The summed E-state index contributed by atoms with van der Waals surface area (Å²) in [5.74, 6) is 0. The topological polar surface area (TPSA) is 37.0 Å². The first-order chi connectivity index (χ1) is 8.27. The second-order valence-electron chi connectivity index (χ2n) is 5.25. The van der Waals surface area contributed by atoms with Crippen LogP contribution in [0.5, 0.6) is 0 Å². The lowest BCUT2D eigenvalue weighted by Crippen LogP contribution is -2.58. The van der Waals surface area contributed by atoms with Crippen LogP contribution in [0.15, 0.2) is 18.5 Å². The molecular weight excluding hydrogens is 234 g/mol. The third kappa shape index (κ3) is 2.26. The Morgan fingerprint density at radius 2 is 2.35 bits per heavy atom. The minimum Gasteiger partial charge on any atom is -0.381 e. The van der Waals surface area contributed by atoms with Gasteiger partial charge in [0.25, 0.3) is 0 Å². The Labute approximate surface area is 107 Å². The first-order valence-corrected chi connectivity index (χ1v) is 6.76. The summed E-state index contributed by atoms with van der Waals surface area (Å²) in [6, 6.07) is 2.49. The summed E-state index contributed by atoms with van der Waals surface area (Å²) in [5, 5.41) is 7.95. The molecule has 1 saturated carbocycles. The van der Waals surface area contributed by atoms with Gasteiger partial charge in [0.1, 0.15) is 0 Å². The molecule has 4 heteroatoms. The average Bonchev–Trinajstić information content (AvgIpc) is 2.31. The Balaban J connectivity index is 1.67. The van der Waals surface area contributed by atoms with Crippen LogP contribution in [0.2, 0.25) is 5.02 Å². The van der Waals surface area contributed by atoms with Crippen LogP contribution < -0.4 is 10.6 Å². The van der Waals surface area contributed by atoms with Crippen molar-refractivity contribution in [3.63, 3.8) is 0 Å². The van der Waals surface area contributed by atoms with E-state index >= 15 is 0 Å². The first kappa shape index (κ1) is 11.3. The number of piperidine rings is 1. The number of halogens is 1. The predicted molar refractivity (Wildman–Crippen MR) is 70.5 cm³/mol. The Morgan fingerprint density at radius 3 is 3.06 bits per heavy atom. The van der Waals surface area contributed by atoms with Crippen LogP contribution in [-0.2, 0) is 0 Å². The molecule has 0 bridgehead atoms. The van der Waals surface area contributed by atoms with Crippen molar-refractivity contribution < 1.29 is 0 Å². The van der Waals surface area contributed by atoms with Crippen molar-refractivity contribution in [2.75, 3.05) is 11.9 Å². The van der Waals surface area contributed by atoms with E-state index in [1.54, 1.807) is 12.4 Å². The number of anilines is 1. The second-order valence-corrected chi connectivity index (χ2v) is 5.66. The molecule has 2 fully saturated rings. The van der Waals surface area contributed by atoms with Gasteiger partial charge in [-0.15, -0.1) is 0 Å². The molecule has 2 N–H and O–H groups in total. The molecule has 1 aromatic rings. The van der Waals surface area contributed by atoms with Crippen molar-refractivity contribution in [1.29, 1.82) is 0 Å². The molecule has 1 spiro atoms. The molecule has 92 valence electrons. The van der Waals surface area contributed by atoms with Gasteiger partial charge in [-0.3, -0.25) is 4.98 Å². The highest BCUT2D eigenvalue weighted by atomic mass is 35.5. The maximum absolute atomic E-state index is 6.12. The van der Waals surface area contributed by atoms with Gasteiger partial charge in [-0.05, 0) is 44.7 Å². The van der Waals surface area contributed by atoms with E-state index in [9.17, 15) is 0 Å². The Bertz CT molecular complexity index is 403. The zero-order chi connectivity index (χ0) is 11.7. The van der Waals surface area contributed by atoms with Crippen LogP contribution in [0.3, 0.4) is 0 Å². The van der Waals surface area contributed by atoms with Gasteiger partial charge >= 0.3 is 0 Å². The third-order valence-corrected chi connectivity index (χ3v) is 4.37. The number of pyridine rings is 1. The van der Waals surface area contributed by atoms with Crippen molar-refractivity contribution in [3.8, 4) is 0 Å². The average molecular weight is 252 g/mol. The highest BCUT2D eigenvalue weighted by Gasteiger charge is 2.40. The fraction of sp³-hybridized carbons (Fsp3) is 0.615. The van der Waals surface area contributed by atoms with Crippen LogP contribution in [0.1, 0.15) is 32.1 Å². The highest BCUT2D eigenvalue weighted by molar-refractivity contribution is 6.33. The molecule has 0 aromatic carbocycles. The normalized spacial score (nSPS) is 26.5. The van der Waals surface area contributed by atoms with Gasteiger partial charge < -0.3 is 10.6 Å². The molecule has 1 aromatic heterocycles. The fourth-order valence-corrected chi connectivity index (χ4v) is 3.15. The molecule has 17 heavy (non-hydrogen) atoms. The minimum absolute atomic E-state index is 0.426. The van der Waals surface area contributed by atoms with Gasteiger partial charge in [0.15, 0.2) is 0 Å². The molecule has 1 atom stereocenters. The molecule has 2 heterocycles. The van der Waals surface area contributed by atoms with Gasteiger partial charge in [0.2, 0.25) is 0 Å². The molecule has 3 nitrogen and oxygen atoms in total. The molecule has 3 rings (SSSR count). The zero-order valence-electron chi connectivity index (χ0n) is 9.88. The summed E-state index contributed by atoms with van der Waals surface area (Å²) in [6.45, 7) is 1.11. The number of aromatic nitrogens is 1. The quantitative estimate of drug-likeness (QED) is 0.849. The Hall–Kier alpha value is -0.800. The lowest BCUT2D eigenvalue weighted by atomic mass is 9.70. The van der Waals surface area contributed by atoms with Crippen LogP contribution in [0.25, 0.3) is 0 Å². The van der Waals surface area contributed by atoms with Crippen molar-refractivity contribution in [1.82, 2.24) is 10.3 Å². The fourth-order valence-electron chi connectivity index (χ4n) is 2.98. The number of hydrogen-bond acceptors (Lipinski definition) is 3. The maximum atomic E-state index is 6.12. The van der Waals surface area contributed by atoms with Crippen molar-refractivity contribution >= 4 is 17.3 Å². The summed E-state index contributed by atoms with van der Waals surface area (Å²) >= 11 is 6.12. The van der Waals surface area contributed by atoms with E-state index in [1.807, 2.05) is 6.07 Å². The van der Waals surface area contributed by atoms with E-state index in [0.717, 1.165) is 12.2 Å². The smallest absolute Gasteiger partial charge is 0.0820 e. The molecule has 1 aliphatic carbocycles. The molecule has 0 amide bonds. The van der Waals surface area contributed by atoms with E-state index in [2.05, 4.69) is 15.6 Å². The van der Waals surface area contributed by atoms with Crippen molar-refractivity contribution in [2.45, 2.75) is 43.7 Å². The predicted octanol–water partition coefficient (Wildman–Crippen LogP) is 2.82. The summed E-state index contributed by atoms with van der Waals surface area (Å²) in [6.07, 6.45) is 9.89. The van der Waals surface area contributed by atoms with Gasteiger partial charge in [-0.2, -0.15) is 0 Å². The number of rotatable bonds is 2. The van der Waals surface area contributed by atoms with Gasteiger partial charge in [-0.25, -0.2) is 0 Å². The van der Waals surface area contributed by atoms with Gasteiger partial charge in [-0.1, -0.05) is 11.6 Å². The minimum atomic E-state index is 0.426. The Kier molecular flexibility index (Phi) is 2.97. The third-order valence-electron chi connectivity index (χ3n) is 4.07. The largest absolute Gasteiger partial charge is 0.381 e. The van der Waals surface area contributed by atoms with Crippen LogP contribution >= 0.6 is 11.6 Å². The SMILES string of the molecule is Clc1cnccc1NC1CCNC2(CCC2)C1. The number of nitrogens with one attached hydrogen (secondary N) is 2. The molecular formula is C13H18ClN3. The molecule has 1 unspecified atom stereocenters. The first-order valence-electron chi connectivity index (χ1n) is 6.39. The number of nitrogens with zero attached hydrogens (tertiary/aromatic N) is 1. The van der Waals surface area contributed by atoms with E-state index in [1.165, 1.54) is 32.1 Å². The second kappa shape index (κ2) is 4.46. The monoisotopic (exact) mass is 251 g/mol. The summed E-state index contributed by atoms with van der Waals surface area (Å²) in [4.78, 5) is 4.01. The zero-order valence-corrected chi connectivity index (χ0v) is 10.6. The Morgan fingerprint density at radius 1 is 1.47 bits per heavy atom. The van der Waals surface area contributed by atoms with Crippen molar-refractivity contribution in [2.24, 2.45) is 0 Å². The van der Waals surface area contributed by atoms with E-state index < -0.39 is 0 Å². The molecule has 1 saturated heterocycles. The summed E-state index contributed by atoms with van der Waals surface area (Å²) in [7, 11) is 0.